The highest BCUT2D eigenvalue weighted by molar-refractivity contribution is 5.89. The first-order valence-corrected chi connectivity index (χ1v) is 13.2. The molecule has 9 nitrogen and oxygen atoms in total. The van der Waals surface area contributed by atoms with Crippen molar-refractivity contribution in [1.29, 1.82) is 0 Å². The lowest BCUT2D eigenvalue weighted by Gasteiger charge is -2.68. The van der Waals surface area contributed by atoms with Crippen LogP contribution in [0.1, 0.15) is 64.2 Å². The highest BCUT2D eigenvalue weighted by Crippen LogP contribution is 2.64. The van der Waals surface area contributed by atoms with Gasteiger partial charge in [0.15, 0.2) is 5.60 Å². The summed E-state index contributed by atoms with van der Waals surface area (Å²) in [5.41, 5.74) is -4.25. The SMILES string of the molecule is CC(=O)O[C@@]12CO[C@@H]1C[C@@H](O)[C@@]1(C)C[C@H](O)C3=C(C)[C@@H](O)C[C@@](O)([C@@H](OC(=O)c4ccccc4)[C@@H]12)C3(C)C. The van der Waals surface area contributed by atoms with E-state index in [4.69, 9.17) is 14.2 Å². The van der Waals surface area contributed by atoms with Crippen molar-refractivity contribution >= 4 is 11.9 Å². The van der Waals surface area contributed by atoms with Gasteiger partial charge in [-0.15, -0.1) is 0 Å². The zero-order chi connectivity index (χ0) is 27.8. The van der Waals surface area contributed by atoms with Gasteiger partial charge in [0, 0.05) is 30.6 Å². The minimum absolute atomic E-state index is 0.0134. The number of carbonyl (C=O) groups excluding carboxylic acids is 2. The Morgan fingerprint density at radius 3 is 2.26 bits per heavy atom. The van der Waals surface area contributed by atoms with Crippen molar-refractivity contribution < 1.29 is 44.2 Å². The Balaban J connectivity index is 1.77. The zero-order valence-electron chi connectivity index (χ0n) is 22.5. The molecule has 0 radical (unpaired) electrons. The van der Waals surface area contributed by atoms with E-state index in [1.165, 1.54) is 6.92 Å². The largest absolute Gasteiger partial charge is 0.455 e. The fourth-order valence-corrected chi connectivity index (χ4v) is 7.93. The van der Waals surface area contributed by atoms with Crippen LogP contribution in [-0.4, -0.2) is 80.7 Å². The molecular formula is C29H38O9. The summed E-state index contributed by atoms with van der Waals surface area (Å²) in [6, 6.07) is 8.36. The lowest BCUT2D eigenvalue weighted by molar-refractivity contribution is -0.354. The average molecular weight is 531 g/mol. The number of hydrogen-bond acceptors (Lipinski definition) is 9. The predicted molar refractivity (Wildman–Crippen MR) is 135 cm³/mol. The first kappa shape index (κ1) is 27.3. The second-order valence-corrected chi connectivity index (χ2v) is 12.4. The minimum Gasteiger partial charge on any atom is -0.455 e. The van der Waals surface area contributed by atoms with E-state index in [0.717, 1.165) is 0 Å². The van der Waals surface area contributed by atoms with E-state index in [1.807, 2.05) is 0 Å². The molecule has 0 unspecified atom stereocenters. The predicted octanol–water partition coefficient (Wildman–Crippen LogP) is 1.90. The summed E-state index contributed by atoms with van der Waals surface area (Å²) in [6.07, 6.45) is -5.27. The Morgan fingerprint density at radius 1 is 1.03 bits per heavy atom. The van der Waals surface area contributed by atoms with E-state index in [0.29, 0.717) is 11.1 Å². The lowest BCUT2D eigenvalue weighted by atomic mass is 9.45. The number of aliphatic hydroxyl groups is 4. The van der Waals surface area contributed by atoms with Gasteiger partial charge in [-0.3, -0.25) is 4.79 Å². The third-order valence-corrected chi connectivity index (χ3v) is 9.99. The molecular weight excluding hydrogens is 492 g/mol. The second-order valence-electron chi connectivity index (χ2n) is 12.4. The Hall–Kier alpha value is -2.30. The van der Waals surface area contributed by atoms with Gasteiger partial charge in [0.05, 0.1) is 36.4 Å². The third kappa shape index (κ3) is 3.63. The number of esters is 2. The molecule has 2 saturated carbocycles. The molecule has 2 bridgehead atoms. The van der Waals surface area contributed by atoms with Gasteiger partial charge in [-0.05, 0) is 36.6 Å². The fourth-order valence-electron chi connectivity index (χ4n) is 7.93. The van der Waals surface area contributed by atoms with Crippen LogP contribution in [0.2, 0.25) is 0 Å². The van der Waals surface area contributed by atoms with Crippen LogP contribution in [0.25, 0.3) is 0 Å². The Labute approximate surface area is 222 Å². The molecule has 1 aliphatic heterocycles. The van der Waals surface area contributed by atoms with Crippen LogP contribution in [0.15, 0.2) is 41.5 Å². The Morgan fingerprint density at radius 2 is 1.68 bits per heavy atom. The highest BCUT2D eigenvalue weighted by Gasteiger charge is 2.75. The summed E-state index contributed by atoms with van der Waals surface area (Å²) in [5, 5.41) is 46.9. The van der Waals surface area contributed by atoms with Crippen LogP contribution in [0, 0.1) is 16.7 Å². The van der Waals surface area contributed by atoms with Crippen LogP contribution in [-0.2, 0) is 19.0 Å². The molecule has 3 fully saturated rings. The molecule has 1 heterocycles. The molecule has 0 amide bonds. The number of rotatable bonds is 3. The molecule has 1 aromatic carbocycles. The van der Waals surface area contributed by atoms with Crippen LogP contribution in [0.5, 0.6) is 0 Å². The summed E-state index contributed by atoms with van der Waals surface area (Å²) in [4.78, 5) is 26.0. The van der Waals surface area contributed by atoms with Gasteiger partial charge < -0.3 is 34.6 Å². The fraction of sp³-hybridized carbons (Fsp3) is 0.655. The summed E-state index contributed by atoms with van der Waals surface area (Å²) in [5.74, 6) is -2.22. The average Bonchev–Trinajstić information content (AvgIpc) is 2.83. The number of aliphatic hydroxyl groups excluding tert-OH is 3. The van der Waals surface area contributed by atoms with Gasteiger partial charge in [-0.2, -0.15) is 0 Å². The molecule has 4 N–H and O–H groups in total. The van der Waals surface area contributed by atoms with Crippen LogP contribution in [0.4, 0.5) is 0 Å². The van der Waals surface area contributed by atoms with Crippen molar-refractivity contribution in [3.8, 4) is 0 Å². The smallest absolute Gasteiger partial charge is 0.338 e. The zero-order valence-corrected chi connectivity index (χ0v) is 22.5. The van der Waals surface area contributed by atoms with Crippen molar-refractivity contribution in [3.63, 3.8) is 0 Å². The van der Waals surface area contributed by atoms with Gasteiger partial charge in [0.1, 0.15) is 17.8 Å². The van der Waals surface area contributed by atoms with E-state index >= 15 is 0 Å². The maximum atomic E-state index is 13.6. The van der Waals surface area contributed by atoms with Crippen molar-refractivity contribution in [3.05, 3.63) is 47.0 Å². The van der Waals surface area contributed by atoms with Crippen molar-refractivity contribution in [2.24, 2.45) is 16.7 Å². The molecule has 9 atom stereocenters. The number of benzene rings is 1. The van der Waals surface area contributed by atoms with E-state index in [1.54, 1.807) is 58.0 Å². The normalized spacial score (nSPS) is 43.5. The van der Waals surface area contributed by atoms with E-state index in [2.05, 4.69) is 0 Å². The van der Waals surface area contributed by atoms with Crippen molar-refractivity contribution in [2.75, 3.05) is 6.61 Å². The van der Waals surface area contributed by atoms with Crippen LogP contribution >= 0.6 is 0 Å². The molecule has 38 heavy (non-hydrogen) atoms. The molecule has 1 aromatic rings. The maximum absolute atomic E-state index is 13.6. The summed E-state index contributed by atoms with van der Waals surface area (Å²) in [6.45, 7) is 8.30. The maximum Gasteiger partial charge on any atom is 0.338 e. The third-order valence-electron chi connectivity index (χ3n) is 9.99. The van der Waals surface area contributed by atoms with E-state index < -0.39 is 70.4 Å². The van der Waals surface area contributed by atoms with Gasteiger partial charge in [-0.1, -0.05) is 39.0 Å². The summed E-state index contributed by atoms with van der Waals surface area (Å²) < 4.78 is 18.0. The van der Waals surface area contributed by atoms with Crippen molar-refractivity contribution in [1.82, 2.24) is 0 Å². The second kappa shape index (κ2) is 8.86. The van der Waals surface area contributed by atoms with E-state index in [9.17, 15) is 30.0 Å². The monoisotopic (exact) mass is 530 g/mol. The first-order chi connectivity index (χ1) is 17.7. The molecule has 3 aliphatic carbocycles. The number of hydrogen-bond donors (Lipinski definition) is 4. The van der Waals surface area contributed by atoms with Gasteiger partial charge in [0.25, 0.3) is 0 Å². The summed E-state index contributed by atoms with van der Waals surface area (Å²) in [7, 11) is 0. The van der Waals surface area contributed by atoms with Crippen molar-refractivity contribution in [2.45, 2.75) is 95.6 Å². The minimum atomic E-state index is -1.90. The Bertz CT molecular complexity index is 1160. The molecule has 0 aromatic heterocycles. The summed E-state index contributed by atoms with van der Waals surface area (Å²) >= 11 is 0. The lowest BCUT2D eigenvalue weighted by Crippen LogP contribution is -2.80. The number of ether oxygens (including phenoxy) is 3. The number of carbonyl (C=O) groups is 2. The molecule has 0 spiro atoms. The quantitative estimate of drug-likeness (QED) is 0.340. The van der Waals surface area contributed by atoms with Crippen LogP contribution < -0.4 is 0 Å². The topological polar surface area (TPSA) is 143 Å². The van der Waals surface area contributed by atoms with E-state index in [-0.39, 0.29) is 31.4 Å². The van der Waals surface area contributed by atoms with Gasteiger partial charge in [0.2, 0.25) is 0 Å². The Kier molecular flexibility index (Phi) is 6.36. The van der Waals surface area contributed by atoms with Gasteiger partial charge in [-0.25, -0.2) is 4.79 Å². The molecule has 9 heteroatoms. The standard InChI is InChI=1S/C29H38O9/c1-15-18(31)13-29(35)24(37-25(34)17-9-7-6-8-10-17)23-27(5,12-19(32)22(15)26(29,3)4)20(33)11-21-28(23,14-36-21)38-16(2)30/h6-10,18-21,23-24,31-33,35H,11-14H2,1-5H3/t18-,19-,20+,21+,23-,24-,27+,28-,29+/m0/s1. The van der Waals surface area contributed by atoms with Gasteiger partial charge >= 0.3 is 11.9 Å². The van der Waals surface area contributed by atoms with Crippen LogP contribution in [0.3, 0.4) is 0 Å². The number of fused-ring (bicyclic) bond motifs is 5. The molecule has 208 valence electrons. The molecule has 4 aliphatic rings. The first-order valence-electron chi connectivity index (χ1n) is 13.2. The molecule has 1 saturated heterocycles. The highest BCUT2D eigenvalue weighted by atomic mass is 16.6. The molecule has 5 rings (SSSR count).